The van der Waals surface area contributed by atoms with E-state index in [9.17, 15) is 4.79 Å². The second-order valence-corrected chi connectivity index (χ2v) is 1.89. The zero-order valence-corrected chi connectivity index (χ0v) is 5.67. The van der Waals surface area contributed by atoms with Gasteiger partial charge in [-0.25, -0.2) is 0 Å². The lowest BCUT2D eigenvalue weighted by atomic mass is 10.1. The van der Waals surface area contributed by atoms with Gasteiger partial charge in [0.2, 0.25) is 0 Å². The highest BCUT2D eigenvalue weighted by Crippen LogP contribution is 1.91. The van der Waals surface area contributed by atoms with Gasteiger partial charge in [-0.15, -0.1) is 0 Å². The first-order valence-electron chi connectivity index (χ1n) is 3.11. The molecule has 0 unspecified atom stereocenters. The number of ketones is 1. The van der Waals surface area contributed by atoms with Crippen LogP contribution in [0.4, 0.5) is 0 Å². The molecule has 1 aliphatic rings. The van der Waals surface area contributed by atoms with Crippen LogP contribution in [0.25, 0.3) is 0 Å². The normalized spacial score (nSPS) is 17.0. The number of hydrogen-bond acceptors (Lipinski definition) is 3. The third-order valence-corrected chi connectivity index (χ3v) is 1.16. The molecular formula is C6H11NO3. The fraction of sp³-hybridized carbons (Fsp3) is 0.667. The van der Waals surface area contributed by atoms with Crippen LogP contribution in [0, 0.1) is 0 Å². The van der Waals surface area contributed by atoms with E-state index < -0.39 is 0 Å². The van der Waals surface area contributed by atoms with Gasteiger partial charge in [0.15, 0.2) is 0 Å². The minimum Gasteiger partial charge on any atom is -0.483 e. The van der Waals surface area contributed by atoms with Gasteiger partial charge in [-0.3, -0.25) is 9.59 Å². The summed E-state index contributed by atoms with van der Waals surface area (Å²) >= 11 is 0. The van der Waals surface area contributed by atoms with Crippen molar-refractivity contribution >= 4 is 12.3 Å². The van der Waals surface area contributed by atoms with E-state index >= 15 is 0 Å². The zero-order chi connectivity index (χ0) is 7.82. The average Bonchev–Trinajstić information content (AvgIpc) is 1.91. The SMILES string of the molecule is O=C1CCNCC1.O=CO. The molecule has 2 N–H and O–H groups in total. The van der Waals surface area contributed by atoms with Crippen LogP contribution in [0.15, 0.2) is 0 Å². The van der Waals surface area contributed by atoms with Crippen LogP contribution in [0.5, 0.6) is 0 Å². The summed E-state index contributed by atoms with van der Waals surface area (Å²) in [5.41, 5.74) is 0. The molecule has 58 valence electrons. The van der Waals surface area contributed by atoms with Gasteiger partial charge in [0.25, 0.3) is 6.47 Å². The highest BCUT2D eigenvalue weighted by Gasteiger charge is 2.04. The maximum atomic E-state index is 10.4. The molecule has 1 heterocycles. The lowest BCUT2D eigenvalue weighted by molar-refractivity contribution is -0.123. The van der Waals surface area contributed by atoms with Crippen LogP contribution in [-0.4, -0.2) is 30.5 Å². The molecule has 0 bridgehead atoms. The van der Waals surface area contributed by atoms with Gasteiger partial charge in [0, 0.05) is 25.9 Å². The van der Waals surface area contributed by atoms with Crippen LogP contribution in [0.3, 0.4) is 0 Å². The summed E-state index contributed by atoms with van der Waals surface area (Å²) in [7, 11) is 0. The van der Waals surface area contributed by atoms with Crippen molar-refractivity contribution in [3.63, 3.8) is 0 Å². The van der Waals surface area contributed by atoms with Crippen molar-refractivity contribution in [1.29, 1.82) is 0 Å². The van der Waals surface area contributed by atoms with Crippen molar-refractivity contribution in [3.05, 3.63) is 0 Å². The zero-order valence-electron chi connectivity index (χ0n) is 5.67. The van der Waals surface area contributed by atoms with Crippen LogP contribution < -0.4 is 5.32 Å². The summed E-state index contributed by atoms with van der Waals surface area (Å²) < 4.78 is 0. The number of carbonyl (C=O) groups excluding carboxylic acids is 1. The van der Waals surface area contributed by atoms with Gasteiger partial charge in [-0.2, -0.15) is 0 Å². The number of carbonyl (C=O) groups is 2. The lowest BCUT2D eigenvalue weighted by Crippen LogP contribution is -2.27. The van der Waals surface area contributed by atoms with E-state index in [4.69, 9.17) is 9.90 Å². The van der Waals surface area contributed by atoms with Crippen molar-refractivity contribution in [1.82, 2.24) is 5.32 Å². The maximum Gasteiger partial charge on any atom is 0.290 e. The molecule has 0 aromatic carbocycles. The molecule has 0 saturated carbocycles. The van der Waals surface area contributed by atoms with Crippen molar-refractivity contribution in [3.8, 4) is 0 Å². The summed E-state index contributed by atoms with van der Waals surface area (Å²) in [6, 6.07) is 0. The predicted molar refractivity (Wildman–Crippen MR) is 35.8 cm³/mol. The van der Waals surface area contributed by atoms with Crippen LogP contribution in [0.2, 0.25) is 0 Å². The summed E-state index contributed by atoms with van der Waals surface area (Å²) in [4.78, 5) is 18.8. The van der Waals surface area contributed by atoms with Crippen molar-refractivity contribution in [2.24, 2.45) is 0 Å². The van der Waals surface area contributed by atoms with E-state index in [-0.39, 0.29) is 6.47 Å². The minimum atomic E-state index is -0.250. The third kappa shape index (κ3) is 5.24. The molecule has 0 radical (unpaired) electrons. The van der Waals surface area contributed by atoms with Gasteiger partial charge in [0.1, 0.15) is 5.78 Å². The number of Topliss-reactive ketones (excluding diaryl/α,β-unsaturated/α-hetero) is 1. The van der Waals surface area contributed by atoms with Crippen LogP contribution in [-0.2, 0) is 9.59 Å². The molecule has 1 aliphatic heterocycles. The second kappa shape index (κ2) is 6.22. The Balaban J connectivity index is 0.000000236. The number of carboxylic acid groups (broad SMARTS) is 1. The molecule has 10 heavy (non-hydrogen) atoms. The second-order valence-electron chi connectivity index (χ2n) is 1.89. The van der Waals surface area contributed by atoms with Crippen LogP contribution in [0.1, 0.15) is 12.8 Å². The van der Waals surface area contributed by atoms with E-state index in [0.29, 0.717) is 5.78 Å². The van der Waals surface area contributed by atoms with Crippen LogP contribution >= 0.6 is 0 Å². The van der Waals surface area contributed by atoms with E-state index in [2.05, 4.69) is 5.32 Å². The molecule has 0 atom stereocenters. The van der Waals surface area contributed by atoms with Gasteiger partial charge < -0.3 is 10.4 Å². The molecular weight excluding hydrogens is 134 g/mol. The van der Waals surface area contributed by atoms with Crippen molar-refractivity contribution in [2.75, 3.05) is 13.1 Å². The Kier molecular flexibility index (Phi) is 5.66. The van der Waals surface area contributed by atoms with Gasteiger partial charge in [0.05, 0.1) is 0 Å². The molecule has 4 heteroatoms. The fourth-order valence-corrected chi connectivity index (χ4v) is 0.706. The Morgan fingerprint density at radius 3 is 2.00 bits per heavy atom. The summed E-state index contributed by atoms with van der Waals surface area (Å²) in [6.45, 7) is 1.53. The molecule has 1 saturated heterocycles. The highest BCUT2D eigenvalue weighted by molar-refractivity contribution is 5.79. The Hall–Kier alpha value is -0.900. The average molecular weight is 145 g/mol. The van der Waals surface area contributed by atoms with E-state index in [0.717, 1.165) is 25.9 Å². The molecule has 1 rings (SSSR count). The van der Waals surface area contributed by atoms with E-state index in [1.807, 2.05) is 0 Å². The minimum absolute atomic E-state index is 0.250. The van der Waals surface area contributed by atoms with E-state index in [1.165, 1.54) is 0 Å². The molecule has 4 nitrogen and oxygen atoms in total. The van der Waals surface area contributed by atoms with Crippen molar-refractivity contribution in [2.45, 2.75) is 12.8 Å². The predicted octanol–water partition coefficient (Wildman–Crippen LogP) is -0.360. The molecule has 0 aliphatic carbocycles. The summed E-state index contributed by atoms with van der Waals surface area (Å²) in [6.07, 6.45) is 1.47. The monoisotopic (exact) mass is 145 g/mol. The number of rotatable bonds is 0. The number of piperidine rings is 1. The first kappa shape index (κ1) is 9.10. The van der Waals surface area contributed by atoms with Crippen molar-refractivity contribution < 1.29 is 14.7 Å². The largest absolute Gasteiger partial charge is 0.483 e. The molecule has 0 amide bonds. The fourth-order valence-electron chi connectivity index (χ4n) is 0.706. The maximum absolute atomic E-state index is 10.4. The molecule has 0 aromatic heterocycles. The standard InChI is InChI=1S/C5H9NO.CH2O2/c7-5-1-3-6-4-2-5;2-1-3/h6H,1-4H2;1H,(H,2,3). The first-order valence-corrected chi connectivity index (χ1v) is 3.11. The Bertz CT molecular complexity index is 106. The lowest BCUT2D eigenvalue weighted by Gasteiger charge is -2.08. The highest BCUT2D eigenvalue weighted by atomic mass is 16.3. The first-order chi connectivity index (χ1) is 4.81. The third-order valence-electron chi connectivity index (χ3n) is 1.16. The summed E-state index contributed by atoms with van der Waals surface area (Å²) in [5, 5.41) is 9.98. The Morgan fingerprint density at radius 2 is 1.80 bits per heavy atom. The quantitative estimate of drug-likeness (QED) is 0.457. The summed E-state index contributed by atoms with van der Waals surface area (Å²) in [5.74, 6) is 0.402. The molecule has 1 fully saturated rings. The van der Waals surface area contributed by atoms with E-state index in [1.54, 1.807) is 0 Å². The number of hydrogen-bond donors (Lipinski definition) is 2. The van der Waals surface area contributed by atoms with Gasteiger partial charge >= 0.3 is 0 Å². The number of nitrogens with one attached hydrogen (secondary N) is 1. The molecule has 0 aromatic rings. The molecule has 0 spiro atoms. The smallest absolute Gasteiger partial charge is 0.290 e. The topological polar surface area (TPSA) is 66.4 Å². The van der Waals surface area contributed by atoms with Gasteiger partial charge in [-0.05, 0) is 0 Å². The van der Waals surface area contributed by atoms with Gasteiger partial charge in [-0.1, -0.05) is 0 Å². The Morgan fingerprint density at radius 1 is 1.40 bits per heavy atom. The Labute approximate surface area is 59.2 Å².